The van der Waals surface area contributed by atoms with Gasteiger partial charge in [-0.1, -0.05) is 0 Å². The molecule has 7 heteroatoms. The van der Waals surface area contributed by atoms with E-state index in [1.54, 1.807) is 37.9 Å². The van der Waals surface area contributed by atoms with Gasteiger partial charge in [0.1, 0.15) is 11.4 Å². The molecule has 0 fully saturated rings. The summed E-state index contributed by atoms with van der Waals surface area (Å²) in [5, 5.41) is 5.24. The number of anilines is 3. The summed E-state index contributed by atoms with van der Waals surface area (Å²) in [4.78, 5) is 28.9. The first kappa shape index (κ1) is 16.7. The van der Waals surface area contributed by atoms with Crippen LogP contribution in [-0.2, 0) is 9.53 Å². The van der Waals surface area contributed by atoms with E-state index in [1.165, 1.54) is 6.92 Å². The van der Waals surface area contributed by atoms with Crippen LogP contribution in [0.4, 0.5) is 22.0 Å². The molecular weight excluding hydrogens is 272 g/mol. The van der Waals surface area contributed by atoms with Gasteiger partial charge in [0.2, 0.25) is 5.91 Å². The molecule has 0 saturated heterocycles. The maximum atomic E-state index is 11.9. The molecule has 0 unspecified atom stereocenters. The normalized spacial score (nSPS) is 10.8. The zero-order valence-electron chi connectivity index (χ0n) is 13.3. The molecule has 2 N–H and O–H groups in total. The minimum absolute atomic E-state index is 0.233. The van der Waals surface area contributed by atoms with E-state index in [1.807, 2.05) is 14.1 Å². The summed E-state index contributed by atoms with van der Waals surface area (Å²) in [6.07, 6.45) is 1.00. The van der Waals surface area contributed by atoms with E-state index in [0.717, 1.165) is 0 Å². The minimum Gasteiger partial charge on any atom is -0.444 e. The fourth-order valence-electron chi connectivity index (χ4n) is 1.57. The Morgan fingerprint density at radius 2 is 1.86 bits per heavy atom. The number of carbonyl (C=O) groups is 2. The van der Waals surface area contributed by atoms with E-state index < -0.39 is 11.7 Å². The highest BCUT2D eigenvalue weighted by atomic mass is 16.6. The molecular formula is C14H22N4O3. The number of aromatic nitrogens is 1. The molecule has 0 aliphatic carbocycles. The molecule has 2 amide bonds. The molecule has 7 nitrogen and oxygen atoms in total. The Balaban J connectivity index is 3.00. The van der Waals surface area contributed by atoms with Gasteiger partial charge in [-0.25, -0.2) is 9.78 Å². The van der Waals surface area contributed by atoms with Crippen molar-refractivity contribution in [2.75, 3.05) is 29.6 Å². The quantitative estimate of drug-likeness (QED) is 0.894. The maximum absolute atomic E-state index is 11.9. The number of rotatable bonds is 3. The third-order valence-corrected chi connectivity index (χ3v) is 2.30. The molecule has 116 valence electrons. The number of ether oxygens (including phenoxy) is 1. The van der Waals surface area contributed by atoms with Crippen LogP contribution < -0.4 is 15.5 Å². The average Bonchev–Trinajstić information content (AvgIpc) is 2.24. The van der Waals surface area contributed by atoms with Crippen LogP contribution >= 0.6 is 0 Å². The maximum Gasteiger partial charge on any atom is 0.412 e. The molecule has 0 aromatic carbocycles. The Bertz CT molecular complexity index is 536. The standard InChI is InChI=1S/C14H22N4O3/c1-9(19)16-12-7-10(11(8-15-12)18(5)6)17-13(20)21-14(2,3)4/h7-8H,1-6H3,(H2,15,16,17,19,20). The van der Waals surface area contributed by atoms with Crippen LogP contribution in [0.3, 0.4) is 0 Å². The third-order valence-electron chi connectivity index (χ3n) is 2.30. The van der Waals surface area contributed by atoms with Gasteiger partial charge in [-0.2, -0.15) is 0 Å². The SMILES string of the molecule is CC(=O)Nc1cc(NC(=O)OC(C)(C)C)c(N(C)C)cn1. The van der Waals surface area contributed by atoms with Gasteiger partial charge in [0.25, 0.3) is 0 Å². The number of nitrogens with zero attached hydrogens (tertiary/aromatic N) is 2. The molecule has 0 bridgehead atoms. The topological polar surface area (TPSA) is 83.6 Å². The molecule has 0 aliphatic rings. The molecule has 0 spiro atoms. The number of hydrogen-bond acceptors (Lipinski definition) is 5. The first-order valence-electron chi connectivity index (χ1n) is 6.53. The van der Waals surface area contributed by atoms with E-state index >= 15 is 0 Å². The van der Waals surface area contributed by atoms with Crippen molar-refractivity contribution >= 4 is 29.2 Å². The highest BCUT2D eigenvalue weighted by molar-refractivity contribution is 5.93. The summed E-state index contributed by atoms with van der Waals surface area (Å²) in [5.41, 5.74) is 0.624. The van der Waals surface area contributed by atoms with Crippen LogP contribution in [0.5, 0.6) is 0 Å². The third kappa shape index (κ3) is 5.68. The Labute approximate surface area is 124 Å². The van der Waals surface area contributed by atoms with Crippen LogP contribution in [0.25, 0.3) is 0 Å². The molecule has 21 heavy (non-hydrogen) atoms. The van der Waals surface area contributed by atoms with Crippen LogP contribution in [0.1, 0.15) is 27.7 Å². The molecule has 0 saturated carbocycles. The zero-order valence-corrected chi connectivity index (χ0v) is 13.3. The van der Waals surface area contributed by atoms with Crippen molar-refractivity contribution in [1.29, 1.82) is 0 Å². The fraction of sp³-hybridized carbons (Fsp3) is 0.500. The summed E-state index contributed by atoms with van der Waals surface area (Å²) < 4.78 is 5.22. The lowest BCUT2D eigenvalue weighted by Gasteiger charge is -2.22. The van der Waals surface area contributed by atoms with Crippen molar-refractivity contribution < 1.29 is 14.3 Å². The number of hydrogen-bond donors (Lipinski definition) is 2. The van der Waals surface area contributed by atoms with Crippen molar-refractivity contribution in [2.24, 2.45) is 0 Å². The molecule has 1 rings (SSSR count). The lowest BCUT2D eigenvalue weighted by atomic mass is 10.2. The average molecular weight is 294 g/mol. The molecule has 0 aliphatic heterocycles. The van der Waals surface area contributed by atoms with Gasteiger partial charge >= 0.3 is 6.09 Å². The minimum atomic E-state index is -0.587. The summed E-state index contributed by atoms with van der Waals surface area (Å²) >= 11 is 0. The number of carbonyl (C=O) groups excluding carboxylic acids is 2. The van der Waals surface area contributed by atoms with Gasteiger partial charge in [0, 0.05) is 27.1 Å². The van der Waals surface area contributed by atoms with E-state index in [9.17, 15) is 9.59 Å². The summed E-state index contributed by atoms with van der Waals surface area (Å²) in [6, 6.07) is 1.58. The van der Waals surface area contributed by atoms with Crippen molar-refractivity contribution in [3.8, 4) is 0 Å². The molecule has 0 atom stereocenters. The second-order valence-electron chi connectivity index (χ2n) is 5.79. The largest absolute Gasteiger partial charge is 0.444 e. The number of nitrogens with one attached hydrogen (secondary N) is 2. The number of amides is 2. The first-order chi connectivity index (χ1) is 9.58. The lowest BCUT2D eigenvalue weighted by molar-refractivity contribution is -0.114. The van der Waals surface area contributed by atoms with Gasteiger partial charge in [0.05, 0.1) is 17.6 Å². The highest BCUT2D eigenvalue weighted by Crippen LogP contribution is 2.26. The Kier molecular flexibility index (Phi) is 5.12. The Morgan fingerprint density at radius 3 is 2.33 bits per heavy atom. The second kappa shape index (κ2) is 6.43. The van der Waals surface area contributed by atoms with E-state index in [2.05, 4.69) is 15.6 Å². The van der Waals surface area contributed by atoms with E-state index in [4.69, 9.17) is 4.74 Å². The van der Waals surface area contributed by atoms with Crippen molar-refractivity contribution in [3.63, 3.8) is 0 Å². The van der Waals surface area contributed by atoms with Crippen LogP contribution in [0.2, 0.25) is 0 Å². The predicted molar refractivity (Wildman–Crippen MR) is 82.7 cm³/mol. The van der Waals surface area contributed by atoms with Crippen molar-refractivity contribution in [3.05, 3.63) is 12.3 Å². The number of pyridine rings is 1. The van der Waals surface area contributed by atoms with Crippen LogP contribution in [0, 0.1) is 0 Å². The smallest absolute Gasteiger partial charge is 0.412 e. The van der Waals surface area contributed by atoms with Crippen LogP contribution in [-0.4, -0.2) is 36.7 Å². The predicted octanol–water partition coefficient (Wildman–Crippen LogP) is 2.45. The molecule has 0 radical (unpaired) electrons. The van der Waals surface area contributed by atoms with Crippen LogP contribution in [0.15, 0.2) is 12.3 Å². The summed E-state index contributed by atoms with van der Waals surface area (Å²) in [5.74, 6) is 0.127. The Morgan fingerprint density at radius 1 is 1.24 bits per heavy atom. The van der Waals surface area contributed by atoms with Gasteiger partial charge in [-0.15, -0.1) is 0 Å². The molecule has 1 aromatic heterocycles. The summed E-state index contributed by atoms with van der Waals surface area (Å²) in [6.45, 7) is 6.75. The molecule has 1 aromatic rings. The lowest BCUT2D eigenvalue weighted by Crippen LogP contribution is -2.28. The second-order valence-corrected chi connectivity index (χ2v) is 5.79. The Hall–Kier alpha value is -2.31. The zero-order chi connectivity index (χ0) is 16.2. The van der Waals surface area contributed by atoms with Gasteiger partial charge in [-0.3, -0.25) is 10.1 Å². The summed E-state index contributed by atoms with van der Waals surface area (Å²) in [7, 11) is 3.66. The molecule has 1 heterocycles. The fourth-order valence-corrected chi connectivity index (χ4v) is 1.57. The van der Waals surface area contributed by atoms with Crippen molar-refractivity contribution in [1.82, 2.24) is 4.98 Å². The van der Waals surface area contributed by atoms with E-state index in [-0.39, 0.29) is 5.91 Å². The van der Waals surface area contributed by atoms with Gasteiger partial charge in [-0.05, 0) is 20.8 Å². The highest BCUT2D eigenvalue weighted by Gasteiger charge is 2.18. The monoisotopic (exact) mass is 294 g/mol. The van der Waals surface area contributed by atoms with Gasteiger partial charge in [0.15, 0.2) is 0 Å². The van der Waals surface area contributed by atoms with Crippen molar-refractivity contribution in [2.45, 2.75) is 33.3 Å². The first-order valence-corrected chi connectivity index (χ1v) is 6.53. The van der Waals surface area contributed by atoms with E-state index in [0.29, 0.717) is 17.2 Å². The van der Waals surface area contributed by atoms with Gasteiger partial charge < -0.3 is 15.0 Å².